The minimum absolute atomic E-state index is 0.0817. The SMILES string of the molecule is CC(CO)COC1(CN)CCCCC1. The molecule has 14 heavy (non-hydrogen) atoms. The van der Waals surface area contributed by atoms with Crippen molar-refractivity contribution in [2.24, 2.45) is 11.7 Å². The Morgan fingerprint density at radius 3 is 2.50 bits per heavy atom. The molecule has 1 rings (SSSR count). The molecule has 0 radical (unpaired) electrons. The van der Waals surface area contributed by atoms with Gasteiger partial charge in [-0.3, -0.25) is 0 Å². The summed E-state index contributed by atoms with van der Waals surface area (Å²) in [7, 11) is 0. The number of aliphatic hydroxyl groups is 1. The zero-order valence-corrected chi connectivity index (χ0v) is 9.17. The van der Waals surface area contributed by atoms with E-state index in [9.17, 15) is 0 Å². The molecule has 0 bridgehead atoms. The first-order valence-corrected chi connectivity index (χ1v) is 5.67. The Bertz CT molecular complexity index is 155. The van der Waals surface area contributed by atoms with Gasteiger partial charge in [-0.15, -0.1) is 0 Å². The molecule has 0 heterocycles. The van der Waals surface area contributed by atoms with Crippen molar-refractivity contribution in [3.63, 3.8) is 0 Å². The van der Waals surface area contributed by atoms with Crippen molar-refractivity contribution in [2.75, 3.05) is 19.8 Å². The minimum Gasteiger partial charge on any atom is -0.396 e. The van der Waals surface area contributed by atoms with Crippen LogP contribution in [0.15, 0.2) is 0 Å². The maximum atomic E-state index is 8.91. The van der Waals surface area contributed by atoms with Crippen LogP contribution in [0.25, 0.3) is 0 Å². The van der Waals surface area contributed by atoms with Gasteiger partial charge in [-0.05, 0) is 12.8 Å². The van der Waals surface area contributed by atoms with Crippen LogP contribution in [0.2, 0.25) is 0 Å². The first kappa shape index (κ1) is 12.0. The van der Waals surface area contributed by atoms with E-state index in [1.54, 1.807) is 0 Å². The molecule has 0 aromatic rings. The fraction of sp³-hybridized carbons (Fsp3) is 1.00. The van der Waals surface area contributed by atoms with Gasteiger partial charge in [0.2, 0.25) is 0 Å². The Morgan fingerprint density at radius 1 is 1.36 bits per heavy atom. The molecule has 1 fully saturated rings. The average Bonchev–Trinajstić information content (AvgIpc) is 2.27. The third-order valence-electron chi connectivity index (χ3n) is 3.12. The normalized spacial score (nSPS) is 23.4. The molecule has 3 N–H and O–H groups in total. The van der Waals surface area contributed by atoms with Gasteiger partial charge in [0.1, 0.15) is 0 Å². The zero-order valence-electron chi connectivity index (χ0n) is 9.17. The highest BCUT2D eigenvalue weighted by Crippen LogP contribution is 2.31. The number of aliphatic hydroxyl groups excluding tert-OH is 1. The molecule has 1 aliphatic rings. The summed E-state index contributed by atoms with van der Waals surface area (Å²) in [4.78, 5) is 0. The van der Waals surface area contributed by atoms with Gasteiger partial charge >= 0.3 is 0 Å². The van der Waals surface area contributed by atoms with E-state index in [2.05, 4.69) is 0 Å². The van der Waals surface area contributed by atoms with Gasteiger partial charge in [0, 0.05) is 19.1 Å². The molecule has 1 aliphatic carbocycles. The summed E-state index contributed by atoms with van der Waals surface area (Å²) in [5.41, 5.74) is 5.70. The van der Waals surface area contributed by atoms with E-state index < -0.39 is 0 Å². The van der Waals surface area contributed by atoms with E-state index in [4.69, 9.17) is 15.6 Å². The summed E-state index contributed by atoms with van der Waals surface area (Å²) in [6.07, 6.45) is 5.93. The number of hydrogen-bond acceptors (Lipinski definition) is 3. The van der Waals surface area contributed by atoms with Crippen LogP contribution in [0, 0.1) is 5.92 Å². The molecular weight excluding hydrogens is 178 g/mol. The van der Waals surface area contributed by atoms with Crippen LogP contribution in [0.1, 0.15) is 39.0 Å². The lowest BCUT2D eigenvalue weighted by molar-refractivity contribution is -0.0794. The first-order valence-electron chi connectivity index (χ1n) is 5.67. The van der Waals surface area contributed by atoms with Crippen LogP contribution in [0.4, 0.5) is 0 Å². The van der Waals surface area contributed by atoms with Crippen LogP contribution < -0.4 is 5.73 Å². The summed E-state index contributed by atoms with van der Waals surface area (Å²) >= 11 is 0. The van der Waals surface area contributed by atoms with Gasteiger partial charge in [0.15, 0.2) is 0 Å². The van der Waals surface area contributed by atoms with Crippen molar-refractivity contribution in [1.29, 1.82) is 0 Å². The molecule has 0 aromatic carbocycles. The Morgan fingerprint density at radius 2 is 2.00 bits per heavy atom. The third-order valence-corrected chi connectivity index (χ3v) is 3.12. The van der Waals surface area contributed by atoms with E-state index in [0.29, 0.717) is 13.2 Å². The van der Waals surface area contributed by atoms with Gasteiger partial charge < -0.3 is 15.6 Å². The predicted molar refractivity (Wildman–Crippen MR) is 57.1 cm³/mol. The first-order chi connectivity index (χ1) is 6.72. The number of ether oxygens (including phenoxy) is 1. The van der Waals surface area contributed by atoms with Crippen molar-refractivity contribution in [2.45, 2.75) is 44.6 Å². The fourth-order valence-electron chi connectivity index (χ4n) is 1.98. The quantitative estimate of drug-likeness (QED) is 0.705. The summed E-state index contributed by atoms with van der Waals surface area (Å²) in [5, 5.41) is 8.91. The molecular formula is C11H23NO2. The standard InChI is InChI=1S/C11H23NO2/c1-10(7-13)8-14-11(9-12)5-3-2-4-6-11/h10,13H,2-9,12H2,1H3. The maximum Gasteiger partial charge on any atom is 0.0804 e. The van der Waals surface area contributed by atoms with Gasteiger partial charge in [-0.25, -0.2) is 0 Å². The monoisotopic (exact) mass is 201 g/mol. The van der Waals surface area contributed by atoms with E-state index in [-0.39, 0.29) is 18.1 Å². The second kappa shape index (κ2) is 5.69. The maximum absolute atomic E-state index is 8.91. The Balaban J connectivity index is 2.36. The fourth-order valence-corrected chi connectivity index (χ4v) is 1.98. The number of rotatable bonds is 5. The lowest BCUT2D eigenvalue weighted by Gasteiger charge is -2.36. The van der Waals surface area contributed by atoms with Gasteiger partial charge in [0.25, 0.3) is 0 Å². The molecule has 0 aliphatic heterocycles. The molecule has 3 nitrogen and oxygen atoms in total. The van der Waals surface area contributed by atoms with Crippen molar-refractivity contribution >= 4 is 0 Å². The van der Waals surface area contributed by atoms with Crippen LogP contribution >= 0.6 is 0 Å². The minimum atomic E-state index is -0.0817. The summed E-state index contributed by atoms with van der Waals surface area (Å²) in [5.74, 6) is 0.223. The highest BCUT2D eigenvalue weighted by molar-refractivity contribution is 4.85. The van der Waals surface area contributed by atoms with Gasteiger partial charge in [-0.2, -0.15) is 0 Å². The summed E-state index contributed by atoms with van der Waals surface area (Å²) < 4.78 is 5.89. The van der Waals surface area contributed by atoms with Crippen LogP contribution in [-0.4, -0.2) is 30.5 Å². The number of hydrogen-bond donors (Lipinski definition) is 2. The highest BCUT2D eigenvalue weighted by Gasteiger charge is 2.31. The molecule has 0 amide bonds. The molecule has 1 saturated carbocycles. The average molecular weight is 201 g/mol. The molecule has 0 aromatic heterocycles. The van der Waals surface area contributed by atoms with E-state index in [1.165, 1.54) is 19.3 Å². The summed E-state index contributed by atoms with van der Waals surface area (Å²) in [6.45, 7) is 3.44. The van der Waals surface area contributed by atoms with Crippen molar-refractivity contribution < 1.29 is 9.84 Å². The molecule has 1 atom stereocenters. The van der Waals surface area contributed by atoms with Crippen molar-refractivity contribution in [3.05, 3.63) is 0 Å². The second-order valence-corrected chi connectivity index (χ2v) is 4.55. The van der Waals surface area contributed by atoms with E-state index >= 15 is 0 Å². The molecule has 3 heteroatoms. The van der Waals surface area contributed by atoms with E-state index in [0.717, 1.165) is 12.8 Å². The molecule has 1 unspecified atom stereocenters. The Labute approximate surface area is 86.6 Å². The lowest BCUT2D eigenvalue weighted by Crippen LogP contribution is -2.43. The Kier molecular flexibility index (Phi) is 4.85. The van der Waals surface area contributed by atoms with Crippen molar-refractivity contribution in [1.82, 2.24) is 0 Å². The third kappa shape index (κ3) is 3.23. The highest BCUT2D eigenvalue weighted by atomic mass is 16.5. The molecule has 0 saturated heterocycles. The van der Waals surface area contributed by atoms with Gasteiger partial charge in [-0.1, -0.05) is 26.2 Å². The predicted octanol–water partition coefficient (Wildman–Crippen LogP) is 1.29. The number of nitrogens with two attached hydrogens (primary N) is 1. The molecule has 0 spiro atoms. The van der Waals surface area contributed by atoms with Crippen LogP contribution in [0.3, 0.4) is 0 Å². The Hall–Kier alpha value is -0.120. The lowest BCUT2D eigenvalue weighted by atomic mass is 9.84. The largest absolute Gasteiger partial charge is 0.396 e. The van der Waals surface area contributed by atoms with E-state index in [1.807, 2.05) is 6.92 Å². The van der Waals surface area contributed by atoms with Crippen LogP contribution in [-0.2, 0) is 4.74 Å². The van der Waals surface area contributed by atoms with Crippen molar-refractivity contribution in [3.8, 4) is 0 Å². The van der Waals surface area contributed by atoms with Crippen LogP contribution in [0.5, 0.6) is 0 Å². The topological polar surface area (TPSA) is 55.5 Å². The smallest absolute Gasteiger partial charge is 0.0804 e. The van der Waals surface area contributed by atoms with Gasteiger partial charge in [0.05, 0.1) is 12.2 Å². The summed E-state index contributed by atoms with van der Waals surface area (Å²) in [6, 6.07) is 0. The zero-order chi connectivity index (χ0) is 10.4. The second-order valence-electron chi connectivity index (χ2n) is 4.55. The molecule has 84 valence electrons.